The molecule has 6 nitrogen and oxygen atoms in total. The maximum atomic E-state index is 14.5. The summed E-state index contributed by atoms with van der Waals surface area (Å²) in [6.07, 6.45) is 3.82. The Kier molecular flexibility index (Phi) is 7.90. The summed E-state index contributed by atoms with van der Waals surface area (Å²) in [4.78, 5) is 35.0. The third-order valence-electron chi connectivity index (χ3n) is 7.89. The molecule has 1 amide bonds. The molecule has 2 aromatic heterocycles. The fraction of sp³-hybridized carbons (Fsp3) is 0.206. The number of amides is 1. The van der Waals surface area contributed by atoms with Gasteiger partial charge >= 0.3 is 0 Å². The fourth-order valence-corrected chi connectivity index (χ4v) is 6.87. The van der Waals surface area contributed by atoms with Crippen molar-refractivity contribution in [1.82, 2.24) is 14.0 Å². The largest absolute Gasteiger partial charge is 0.342 e. The van der Waals surface area contributed by atoms with Crippen LogP contribution < -0.4 is 14.9 Å². The number of benzene rings is 3. The molecule has 0 aliphatic carbocycles. The number of allylic oxidation sites excluding steroid dienone is 1. The zero-order chi connectivity index (χ0) is 30.2. The number of hydrogen-bond donors (Lipinski definition) is 0. The zero-order valence-corrected chi connectivity index (χ0v) is 25.6. The standard InChI is InChI=1S/C34H30ClFN4O2S/c1-4-38(5-2)33(42)30-21(3)37-34-40(31(30)22-14-16-25(35)17-15-22)32(41)29(43-34)18-24-20-39(28-13-9-7-11-26(24)28)19-23-10-6-8-12-27(23)36/h6-18,20,31H,4-5,19H2,1-3H3/b29-18+/t31-/m0/s1. The van der Waals surface area contributed by atoms with Crippen molar-refractivity contribution in [3.8, 4) is 0 Å². The first-order valence-corrected chi connectivity index (χ1v) is 15.4. The van der Waals surface area contributed by atoms with Crippen molar-refractivity contribution < 1.29 is 9.18 Å². The lowest BCUT2D eigenvalue weighted by atomic mass is 9.94. The quantitative estimate of drug-likeness (QED) is 0.230. The van der Waals surface area contributed by atoms with Crippen LogP contribution in [0.25, 0.3) is 17.0 Å². The minimum absolute atomic E-state index is 0.142. The van der Waals surface area contributed by atoms with Crippen molar-refractivity contribution in [2.24, 2.45) is 4.99 Å². The second-order valence-corrected chi connectivity index (χ2v) is 11.9. The van der Waals surface area contributed by atoms with E-state index in [9.17, 15) is 14.0 Å². The number of carbonyl (C=O) groups is 1. The van der Waals surface area contributed by atoms with Crippen molar-refractivity contribution in [1.29, 1.82) is 0 Å². The third-order valence-corrected chi connectivity index (χ3v) is 9.13. The number of likely N-dealkylation sites (N-methyl/N-ethyl adjacent to an activating group) is 1. The van der Waals surface area contributed by atoms with E-state index >= 15 is 0 Å². The highest BCUT2D eigenvalue weighted by atomic mass is 35.5. The topological polar surface area (TPSA) is 59.6 Å². The van der Waals surface area contributed by atoms with Crippen LogP contribution in [0.5, 0.6) is 0 Å². The van der Waals surface area contributed by atoms with Gasteiger partial charge in [0.1, 0.15) is 5.82 Å². The molecule has 0 spiro atoms. The van der Waals surface area contributed by atoms with E-state index in [0.717, 1.165) is 22.0 Å². The number of thiazole rings is 1. The fourth-order valence-electron chi connectivity index (χ4n) is 5.71. The number of fused-ring (bicyclic) bond motifs is 2. The SMILES string of the molecule is CCN(CC)C(=O)C1=C(C)N=c2s/c(=C/c3cn(Cc4ccccc4F)c4ccccc34)c(=O)n2[C@H]1c1ccc(Cl)cc1. The molecule has 0 fully saturated rings. The molecule has 43 heavy (non-hydrogen) atoms. The summed E-state index contributed by atoms with van der Waals surface area (Å²) in [5.74, 6) is -0.403. The van der Waals surface area contributed by atoms with E-state index in [1.54, 1.807) is 33.7 Å². The van der Waals surface area contributed by atoms with Crippen LogP contribution in [0, 0.1) is 5.82 Å². The maximum absolute atomic E-state index is 14.5. The van der Waals surface area contributed by atoms with Crippen molar-refractivity contribution in [3.63, 3.8) is 0 Å². The molecule has 0 saturated carbocycles. The average Bonchev–Trinajstić information content (AvgIpc) is 3.50. The highest BCUT2D eigenvalue weighted by Crippen LogP contribution is 2.32. The number of halogens is 2. The third kappa shape index (κ3) is 5.26. The van der Waals surface area contributed by atoms with Crippen LogP contribution in [-0.2, 0) is 11.3 Å². The lowest BCUT2D eigenvalue weighted by molar-refractivity contribution is -0.127. The van der Waals surface area contributed by atoms with E-state index in [4.69, 9.17) is 16.6 Å². The smallest absolute Gasteiger partial charge is 0.271 e. The van der Waals surface area contributed by atoms with E-state index in [-0.39, 0.29) is 17.3 Å². The van der Waals surface area contributed by atoms with Gasteiger partial charge in [0.2, 0.25) is 0 Å². The van der Waals surface area contributed by atoms with Gasteiger partial charge < -0.3 is 9.47 Å². The first-order chi connectivity index (χ1) is 20.8. The summed E-state index contributed by atoms with van der Waals surface area (Å²) >= 11 is 7.50. The van der Waals surface area contributed by atoms with Crippen molar-refractivity contribution >= 4 is 45.8 Å². The molecular weight excluding hydrogens is 583 g/mol. The molecule has 5 aromatic rings. The summed E-state index contributed by atoms with van der Waals surface area (Å²) in [7, 11) is 0. The van der Waals surface area contributed by atoms with Crippen LogP contribution in [-0.4, -0.2) is 33.0 Å². The molecule has 218 valence electrons. The number of hydrogen-bond acceptors (Lipinski definition) is 4. The van der Waals surface area contributed by atoms with Gasteiger partial charge in [-0.05, 0) is 56.7 Å². The molecule has 0 bridgehead atoms. The van der Waals surface area contributed by atoms with Crippen LogP contribution in [0.4, 0.5) is 4.39 Å². The van der Waals surface area contributed by atoms with E-state index in [0.29, 0.717) is 50.8 Å². The predicted octanol–water partition coefficient (Wildman–Crippen LogP) is 5.90. The van der Waals surface area contributed by atoms with Gasteiger partial charge in [-0.3, -0.25) is 14.2 Å². The molecule has 6 rings (SSSR count). The van der Waals surface area contributed by atoms with Crippen LogP contribution in [0.3, 0.4) is 0 Å². The zero-order valence-electron chi connectivity index (χ0n) is 24.1. The van der Waals surface area contributed by atoms with Gasteiger partial charge in [-0.1, -0.05) is 71.5 Å². The van der Waals surface area contributed by atoms with E-state index in [2.05, 4.69) is 0 Å². The summed E-state index contributed by atoms with van der Waals surface area (Å²) in [6.45, 7) is 7.14. The Morgan fingerprint density at radius 2 is 1.74 bits per heavy atom. The second kappa shape index (κ2) is 11.8. The van der Waals surface area contributed by atoms with E-state index < -0.39 is 6.04 Å². The molecule has 0 unspecified atom stereocenters. The molecule has 0 saturated heterocycles. The number of carbonyl (C=O) groups excluding carboxylic acids is 1. The molecule has 0 N–H and O–H groups in total. The Morgan fingerprint density at radius 1 is 1.05 bits per heavy atom. The Labute approximate surface area is 257 Å². The molecule has 1 aliphatic rings. The van der Waals surface area contributed by atoms with E-state index in [1.165, 1.54) is 17.4 Å². The van der Waals surface area contributed by atoms with Gasteiger partial charge in [0, 0.05) is 46.3 Å². The lowest BCUT2D eigenvalue weighted by Crippen LogP contribution is -2.43. The Balaban J connectivity index is 1.52. The molecule has 3 aromatic carbocycles. The van der Waals surface area contributed by atoms with Gasteiger partial charge in [-0.15, -0.1) is 0 Å². The highest BCUT2D eigenvalue weighted by molar-refractivity contribution is 7.07. The molecule has 9 heteroatoms. The van der Waals surface area contributed by atoms with Crippen LogP contribution >= 0.6 is 22.9 Å². The Bertz CT molecular complexity index is 2070. The number of rotatable bonds is 7. The summed E-state index contributed by atoms with van der Waals surface area (Å²) in [6, 6.07) is 21.2. The highest BCUT2D eigenvalue weighted by Gasteiger charge is 2.34. The summed E-state index contributed by atoms with van der Waals surface area (Å²) in [5, 5.41) is 1.52. The van der Waals surface area contributed by atoms with Gasteiger partial charge in [0.15, 0.2) is 4.80 Å². The second-order valence-electron chi connectivity index (χ2n) is 10.4. The Morgan fingerprint density at radius 3 is 2.47 bits per heavy atom. The molecule has 1 aliphatic heterocycles. The van der Waals surface area contributed by atoms with Gasteiger partial charge in [-0.25, -0.2) is 9.38 Å². The molecule has 3 heterocycles. The number of para-hydroxylation sites is 1. The number of nitrogens with zero attached hydrogens (tertiary/aromatic N) is 4. The summed E-state index contributed by atoms with van der Waals surface area (Å²) in [5.41, 5.74) is 3.98. The summed E-state index contributed by atoms with van der Waals surface area (Å²) < 4.78 is 18.6. The maximum Gasteiger partial charge on any atom is 0.271 e. The van der Waals surface area contributed by atoms with Gasteiger partial charge in [-0.2, -0.15) is 0 Å². The average molecular weight is 613 g/mol. The normalized spacial score (nSPS) is 15.1. The Hall–Kier alpha value is -4.27. The van der Waals surface area contributed by atoms with Crippen LogP contribution in [0.2, 0.25) is 5.02 Å². The van der Waals surface area contributed by atoms with Crippen molar-refractivity contribution in [2.45, 2.75) is 33.4 Å². The van der Waals surface area contributed by atoms with Gasteiger partial charge in [0.25, 0.3) is 11.5 Å². The van der Waals surface area contributed by atoms with E-state index in [1.807, 2.05) is 80.1 Å². The van der Waals surface area contributed by atoms with Crippen molar-refractivity contribution in [3.05, 3.63) is 137 Å². The minimum atomic E-state index is -0.647. The lowest BCUT2D eigenvalue weighted by Gasteiger charge is -2.29. The number of aromatic nitrogens is 2. The van der Waals surface area contributed by atoms with Crippen molar-refractivity contribution in [2.75, 3.05) is 13.1 Å². The first kappa shape index (κ1) is 28.8. The van der Waals surface area contributed by atoms with Crippen LogP contribution in [0.1, 0.15) is 43.5 Å². The van der Waals surface area contributed by atoms with Crippen LogP contribution in [0.15, 0.2) is 100 Å². The molecule has 1 atom stereocenters. The predicted molar refractivity (Wildman–Crippen MR) is 171 cm³/mol. The van der Waals surface area contributed by atoms with Gasteiger partial charge in [0.05, 0.1) is 28.4 Å². The monoisotopic (exact) mass is 612 g/mol. The first-order valence-electron chi connectivity index (χ1n) is 14.2. The minimum Gasteiger partial charge on any atom is -0.342 e. The molecule has 0 radical (unpaired) electrons. The molecular formula is C34H30ClFN4O2S.